The number of hydrogen-bond donors (Lipinski definition) is 2. The zero-order chi connectivity index (χ0) is 24.1. The van der Waals surface area contributed by atoms with Gasteiger partial charge in [0.1, 0.15) is 18.9 Å². The Morgan fingerprint density at radius 3 is 2.50 bits per heavy atom. The number of anilines is 2. The summed E-state index contributed by atoms with van der Waals surface area (Å²) in [6.45, 7) is 3.21. The van der Waals surface area contributed by atoms with Gasteiger partial charge in [0.05, 0.1) is 0 Å². The number of carbonyl (C=O) groups is 2. The Morgan fingerprint density at radius 2 is 1.85 bits per heavy atom. The summed E-state index contributed by atoms with van der Waals surface area (Å²) in [5, 5.41) is 9.58. The van der Waals surface area contributed by atoms with Gasteiger partial charge in [0.2, 0.25) is 0 Å². The third-order valence-corrected chi connectivity index (χ3v) is 6.23. The molecule has 3 N–H and O–H groups in total. The van der Waals surface area contributed by atoms with Crippen molar-refractivity contribution in [3.05, 3.63) is 41.6 Å². The van der Waals surface area contributed by atoms with E-state index in [4.69, 9.17) is 15.2 Å². The average Bonchev–Trinajstić information content (AvgIpc) is 3.27. The number of aromatic carboxylic acids is 1. The van der Waals surface area contributed by atoms with Gasteiger partial charge in [-0.2, -0.15) is 9.97 Å². The van der Waals surface area contributed by atoms with Gasteiger partial charge in [-0.1, -0.05) is 30.3 Å². The summed E-state index contributed by atoms with van der Waals surface area (Å²) in [5.41, 5.74) is 6.73. The van der Waals surface area contributed by atoms with Gasteiger partial charge < -0.3 is 35.0 Å². The fraction of sp³-hybridized carbons (Fsp3) is 0.478. The monoisotopic (exact) mass is 470 g/mol. The molecule has 1 aromatic heterocycles. The summed E-state index contributed by atoms with van der Waals surface area (Å²) in [6, 6.07) is 9.71. The predicted octanol–water partition coefficient (Wildman–Crippen LogP) is 1.69. The Hall–Kier alpha value is -3.60. The van der Waals surface area contributed by atoms with Crippen molar-refractivity contribution in [2.45, 2.75) is 25.5 Å². The summed E-state index contributed by atoms with van der Waals surface area (Å²) >= 11 is 0. The smallest absolute Gasteiger partial charge is 0.410 e. The third kappa shape index (κ3) is 5.48. The number of carboxylic acid groups (broad SMARTS) is 1. The highest BCUT2D eigenvalue weighted by Crippen LogP contribution is 2.28. The standard InChI is InChI=1S/C23H30N6O5/c1-27-9-5-8-17(27)15-33-22-25-19(21(30)31)18(24)20(26-22)28-10-12-29(13-11-28)23(32)34-14-16-6-3-2-4-7-16/h2-4,6-7,17H,5,8-15,24H2,1H3,(H,30,31)/t17-/m0/s1. The largest absolute Gasteiger partial charge is 0.476 e. The van der Waals surface area contributed by atoms with Crippen LogP contribution in [0.15, 0.2) is 30.3 Å². The van der Waals surface area contributed by atoms with Gasteiger partial charge in [-0.05, 0) is 32.0 Å². The molecule has 2 saturated heterocycles. The summed E-state index contributed by atoms with van der Waals surface area (Å²) in [6.07, 6.45) is 1.71. The number of likely N-dealkylation sites (tertiary alicyclic amines) is 1. The maximum Gasteiger partial charge on any atom is 0.410 e. The van der Waals surface area contributed by atoms with Gasteiger partial charge in [0.15, 0.2) is 11.5 Å². The van der Waals surface area contributed by atoms with Crippen molar-refractivity contribution in [1.29, 1.82) is 0 Å². The van der Waals surface area contributed by atoms with E-state index in [-0.39, 0.29) is 30.0 Å². The molecule has 4 rings (SSSR count). The molecule has 0 radical (unpaired) electrons. The Morgan fingerprint density at radius 1 is 1.12 bits per heavy atom. The van der Waals surface area contributed by atoms with E-state index >= 15 is 0 Å². The van der Waals surface area contributed by atoms with Crippen molar-refractivity contribution in [1.82, 2.24) is 19.8 Å². The van der Waals surface area contributed by atoms with Crippen LogP contribution >= 0.6 is 0 Å². The Labute approximate surface area is 198 Å². The molecule has 11 heteroatoms. The number of nitrogens with zero attached hydrogens (tertiary/aromatic N) is 5. The van der Waals surface area contributed by atoms with Crippen molar-refractivity contribution in [2.24, 2.45) is 0 Å². The van der Waals surface area contributed by atoms with Gasteiger partial charge in [-0.3, -0.25) is 0 Å². The van der Waals surface area contributed by atoms with E-state index in [1.807, 2.05) is 42.3 Å². The molecule has 0 aliphatic carbocycles. The first-order valence-corrected chi connectivity index (χ1v) is 11.4. The van der Waals surface area contributed by atoms with Crippen molar-refractivity contribution in [3.63, 3.8) is 0 Å². The van der Waals surface area contributed by atoms with Gasteiger partial charge in [0.25, 0.3) is 0 Å². The van der Waals surface area contributed by atoms with Gasteiger partial charge >= 0.3 is 18.1 Å². The number of aromatic nitrogens is 2. The second-order valence-electron chi connectivity index (χ2n) is 8.50. The van der Waals surface area contributed by atoms with E-state index in [9.17, 15) is 14.7 Å². The highest BCUT2D eigenvalue weighted by Gasteiger charge is 2.28. The first-order chi connectivity index (χ1) is 16.4. The maximum atomic E-state index is 12.4. The molecule has 0 bridgehead atoms. The minimum Gasteiger partial charge on any atom is -0.476 e. The van der Waals surface area contributed by atoms with Crippen LogP contribution in [0.2, 0.25) is 0 Å². The number of carbonyl (C=O) groups excluding carboxylic acids is 1. The molecular weight excluding hydrogens is 440 g/mol. The Bertz CT molecular complexity index is 1010. The van der Waals surface area contributed by atoms with Crippen LogP contribution in [0.4, 0.5) is 16.3 Å². The van der Waals surface area contributed by atoms with Crippen LogP contribution in [0.25, 0.3) is 0 Å². The van der Waals surface area contributed by atoms with Crippen LogP contribution in [0.3, 0.4) is 0 Å². The first kappa shape index (κ1) is 23.6. The van der Waals surface area contributed by atoms with Gasteiger partial charge in [-0.15, -0.1) is 0 Å². The van der Waals surface area contributed by atoms with Crippen LogP contribution in [0.5, 0.6) is 6.01 Å². The van der Waals surface area contributed by atoms with Crippen LogP contribution < -0.4 is 15.4 Å². The van der Waals surface area contributed by atoms with Crippen molar-refractivity contribution >= 4 is 23.6 Å². The molecular formula is C23H30N6O5. The van der Waals surface area contributed by atoms with Crippen molar-refractivity contribution in [3.8, 4) is 6.01 Å². The number of nitrogens with two attached hydrogens (primary N) is 1. The second kappa shape index (κ2) is 10.6. The van der Waals surface area contributed by atoms with Crippen LogP contribution in [-0.2, 0) is 11.3 Å². The molecule has 1 atom stereocenters. The minimum atomic E-state index is -1.24. The molecule has 2 aromatic rings. The molecule has 1 amide bonds. The van der Waals surface area contributed by atoms with E-state index < -0.39 is 12.1 Å². The number of piperazine rings is 1. The molecule has 2 aliphatic heterocycles. The van der Waals surface area contributed by atoms with Gasteiger partial charge in [0, 0.05) is 32.2 Å². The van der Waals surface area contributed by atoms with Crippen molar-refractivity contribution < 1.29 is 24.2 Å². The molecule has 0 saturated carbocycles. The Balaban J connectivity index is 1.39. The number of hydrogen-bond acceptors (Lipinski definition) is 9. The lowest BCUT2D eigenvalue weighted by molar-refractivity contribution is 0.0689. The quantitative estimate of drug-likeness (QED) is 0.615. The number of carboxylic acids is 1. The van der Waals surface area contributed by atoms with E-state index in [2.05, 4.69) is 14.9 Å². The molecule has 2 aliphatic rings. The summed E-state index contributed by atoms with van der Waals surface area (Å²) in [5.74, 6) is -0.938. The lowest BCUT2D eigenvalue weighted by atomic mass is 10.2. The summed E-state index contributed by atoms with van der Waals surface area (Å²) in [4.78, 5) is 38.3. The number of nitrogen functional groups attached to an aromatic ring is 1. The predicted molar refractivity (Wildman–Crippen MR) is 125 cm³/mol. The fourth-order valence-corrected chi connectivity index (χ4v) is 4.18. The zero-order valence-electron chi connectivity index (χ0n) is 19.2. The first-order valence-electron chi connectivity index (χ1n) is 11.4. The SMILES string of the molecule is CN1CCC[C@H]1COc1nc(C(=O)O)c(N)c(N2CCN(C(=O)OCc3ccccc3)CC2)n1. The van der Waals surface area contributed by atoms with Crippen molar-refractivity contribution in [2.75, 3.05) is 57.0 Å². The van der Waals surface area contributed by atoms with E-state index in [1.165, 1.54) is 0 Å². The molecule has 3 heterocycles. The topological polar surface area (TPSA) is 134 Å². The average molecular weight is 471 g/mol. The minimum absolute atomic E-state index is 0.00778. The van der Waals surface area contributed by atoms with Crippen LogP contribution in [0.1, 0.15) is 28.9 Å². The van der Waals surface area contributed by atoms with Crippen LogP contribution in [0, 0.1) is 0 Å². The molecule has 2 fully saturated rings. The highest BCUT2D eigenvalue weighted by atomic mass is 16.6. The number of amides is 1. The summed E-state index contributed by atoms with van der Waals surface area (Å²) < 4.78 is 11.2. The van der Waals surface area contributed by atoms with Gasteiger partial charge in [-0.25, -0.2) is 9.59 Å². The molecule has 0 unspecified atom stereocenters. The van der Waals surface area contributed by atoms with E-state index in [1.54, 1.807) is 4.90 Å². The van der Waals surface area contributed by atoms with E-state index in [0.29, 0.717) is 38.6 Å². The maximum absolute atomic E-state index is 12.4. The normalized spacial score (nSPS) is 18.7. The molecule has 0 spiro atoms. The highest BCUT2D eigenvalue weighted by molar-refractivity contribution is 5.94. The fourth-order valence-electron chi connectivity index (χ4n) is 4.18. The third-order valence-electron chi connectivity index (χ3n) is 6.23. The zero-order valence-corrected chi connectivity index (χ0v) is 19.2. The molecule has 11 nitrogen and oxygen atoms in total. The van der Waals surface area contributed by atoms with E-state index in [0.717, 1.165) is 24.9 Å². The number of rotatable bonds is 7. The lowest BCUT2D eigenvalue weighted by Gasteiger charge is -2.35. The number of ether oxygens (including phenoxy) is 2. The lowest BCUT2D eigenvalue weighted by Crippen LogP contribution is -2.49. The second-order valence-corrected chi connectivity index (χ2v) is 8.50. The summed E-state index contributed by atoms with van der Waals surface area (Å²) in [7, 11) is 2.03. The molecule has 34 heavy (non-hydrogen) atoms. The van der Waals surface area contributed by atoms with Crippen LogP contribution in [-0.4, -0.2) is 89.4 Å². The molecule has 1 aromatic carbocycles. The molecule has 182 valence electrons. The Kier molecular flexibility index (Phi) is 7.31. The number of likely N-dealkylation sites (N-methyl/N-ethyl adjacent to an activating group) is 1. The number of benzene rings is 1.